The number of aryl methyl sites for hydroxylation is 1. The molecule has 0 spiro atoms. The predicted octanol–water partition coefficient (Wildman–Crippen LogP) is -0.179. The zero-order valence-corrected chi connectivity index (χ0v) is 12.6. The molecule has 0 unspecified atom stereocenters. The number of fused-ring (bicyclic) bond motifs is 1. The Hall–Kier alpha value is -1.88. The maximum absolute atomic E-state index is 11.4. The monoisotopic (exact) mass is 287 g/mol. The van der Waals surface area contributed by atoms with Crippen LogP contribution in [-0.2, 0) is 6.54 Å². The van der Waals surface area contributed by atoms with E-state index in [4.69, 9.17) is 0 Å². The molecule has 0 bridgehead atoms. The number of hydrogen-bond donors (Lipinski definition) is 1. The number of likely N-dealkylation sites (tertiary alicyclic amines) is 1. The van der Waals surface area contributed by atoms with Gasteiger partial charge in [0.2, 0.25) is 0 Å². The van der Waals surface area contributed by atoms with Gasteiger partial charge in [0.15, 0.2) is 0 Å². The molecule has 2 aromatic rings. The van der Waals surface area contributed by atoms with E-state index in [2.05, 4.69) is 11.9 Å². The number of carbonyl (C=O) groups excluding carboxylic acids is 1. The molecule has 0 aliphatic carbocycles. The maximum Gasteiger partial charge on any atom is 0.140 e. The topological polar surface area (TPSA) is 61.9 Å². The zero-order valence-electron chi connectivity index (χ0n) is 12.6. The average Bonchev–Trinajstić information content (AvgIpc) is 2.82. The van der Waals surface area contributed by atoms with Crippen LogP contribution < -0.4 is 10.0 Å². The number of nitrogens with zero attached hydrogens (tertiary/aromatic N) is 2. The fourth-order valence-electron chi connectivity index (χ4n) is 3.17. The highest BCUT2D eigenvalue weighted by molar-refractivity contribution is 5.86. The van der Waals surface area contributed by atoms with Crippen LogP contribution in [0.2, 0.25) is 0 Å². The van der Waals surface area contributed by atoms with Crippen molar-refractivity contribution in [2.75, 3.05) is 13.1 Å². The minimum Gasteiger partial charge on any atom is -0.543 e. The van der Waals surface area contributed by atoms with E-state index >= 15 is 0 Å². The molecule has 1 fully saturated rings. The van der Waals surface area contributed by atoms with Crippen LogP contribution in [-0.4, -0.2) is 28.4 Å². The number of pyridine rings is 1. The summed E-state index contributed by atoms with van der Waals surface area (Å²) >= 11 is 0. The molecule has 1 aliphatic rings. The van der Waals surface area contributed by atoms with Crippen LogP contribution in [0.15, 0.2) is 18.3 Å². The van der Waals surface area contributed by atoms with Gasteiger partial charge in [-0.1, -0.05) is 13.0 Å². The first kappa shape index (κ1) is 14.1. The van der Waals surface area contributed by atoms with Crippen LogP contribution in [0.4, 0.5) is 0 Å². The number of hydrogen-bond acceptors (Lipinski definition) is 3. The molecule has 5 heteroatoms. The lowest BCUT2D eigenvalue weighted by Gasteiger charge is -2.27. The normalized spacial score (nSPS) is 22.6. The van der Waals surface area contributed by atoms with Gasteiger partial charge in [0.25, 0.3) is 0 Å². The number of carbonyl (C=O) groups is 1. The molecule has 21 heavy (non-hydrogen) atoms. The number of quaternary nitrogens is 1. The van der Waals surface area contributed by atoms with Gasteiger partial charge >= 0.3 is 0 Å². The van der Waals surface area contributed by atoms with Crippen molar-refractivity contribution in [1.29, 1.82) is 0 Å². The second kappa shape index (κ2) is 5.48. The Balaban J connectivity index is 1.98. The number of nitrogens with one attached hydrogen (secondary N) is 1. The first-order valence-corrected chi connectivity index (χ1v) is 7.57. The number of carboxylic acid groups (broad SMARTS) is 1. The third-order valence-corrected chi connectivity index (χ3v) is 4.54. The quantitative estimate of drug-likeness (QED) is 0.852. The minimum absolute atomic E-state index is 0.0930. The summed E-state index contributed by atoms with van der Waals surface area (Å²) in [5.41, 5.74) is 2.55. The van der Waals surface area contributed by atoms with Gasteiger partial charge in [0, 0.05) is 6.20 Å². The SMILES string of the molecule is Cc1cccn2c(C[NH+]3CCC(C)CC3)c(C(=O)[O-])nc12. The summed E-state index contributed by atoms with van der Waals surface area (Å²) in [7, 11) is 0. The van der Waals surface area contributed by atoms with E-state index in [0.29, 0.717) is 6.54 Å². The van der Waals surface area contributed by atoms with E-state index in [1.807, 2.05) is 29.7 Å². The molecule has 1 aliphatic heterocycles. The van der Waals surface area contributed by atoms with Crippen LogP contribution in [0.1, 0.15) is 41.5 Å². The molecule has 3 rings (SSSR count). The Morgan fingerprint density at radius 2 is 2.19 bits per heavy atom. The highest BCUT2D eigenvalue weighted by Crippen LogP contribution is 2.15. The van der Waals surface area contributed by atoms with Gasteiger partial charge < -0.3 is 14.8 Å². The Labute approximate surface area is 124 Å². The first-order valence-electron chi connectivity index (χ1n) is 7.57. The van der Waals surface area contributed by atoms with E-state index < -0.39 is 5.97 Å². The Bertz CT molecular complexity index is 669. The van der Waals surface area contributed by atoms with Crippen LogP contribution in [0.3, 0.4) is 0 Å². The van der Waals surface area contributed by atoms with Crippen molar-refractivity contribution in [3.8, 4) is 0 Å². The third kappa shape index (κ3) is 2.65. The largest absolute Gasteiger partial charge is 0.543 e. The van der Waals surface area contributed by atoms with Crippen molar-refractivity contribution in [3.63, 3.8) is 0 Å². The zero-order chi connectivity index (χ0) is 15.0. The fraction of sp³-hybridized carbons (Fsp3) is 0.500. The lowest BCUT2D eigenvalue weighted by Crippen LogP contribution is -3.11. The van der Waals surface area contributed by atoms with Gasteiger partial charge in [-0.25, -0.2) is 4.98 Å². The molecule has 0 saturated carbocycles. The molecule has 0 aromatic carbocycles. The Morgan fingerprint density at radius 1 is 1.48 bits per heavy atom. The number of carboxylic acids is 1. The van der Waals surface area contributed by atoms with E-state index in [1.54, 1.807) is 0 Å². The van der Waals surface area contributed by atoms with Crippen LogP contribution >= 0.6 is 0 Å². The van der Waals surface area contributed by atoms with Crippen molar-refractivity contribution < 1.29 is 14.8 Å². The molecule has 0 radical (unpaired) electrons. The van der Waals surface area contributed by atoms with Gasteiger partial charge in [-0.05, 0) is 37.3 Å². The number of piperidine rings is 1. The van der Waals surface area contributed by atoms with Gasteiger partial charge in [-0.2, -0.15) is 0 Å². The number of imidazole rings is 1. The van der Waals surface area contributed by atoms with E-state index in [-0.39, 0.29) is 5.69 Å². The van der Waals surface area contributed by atoms with Gasteiger partial charge in [0.05, 0.1) is 19.1 Å². The van der Waals surface area contributed by atoms with E-state index in [1.165, 1.54) is 17.7 Å². The molecule has 3 heterocycles. The molecule has 1 N–H and O–H groups in total. The summed E-state index contributed by atoms with van der Waals surface area (Å²) in [6.45, 7) is 7.10. The third-order valence-electron chi connectivity index (χ3n) is 4.54. The van der Waals surface area contributed by atoms with E-state index in [9.17, 15) is 9.90 Å². The predicted molar refractivity (Wildman–Crippen MR) is 77.1 cm³/mol. The lowest BCUT2D eigenvalue weighted by molar-refractivity contribution is -0.920. The Morgan fingerprint density at radius 3 is 2.86 bits per heavy atom. The Kier molecular flexibility index (Phi) is 3.68. The van der Waals surface area contributed by atoms with Gasteiger partial charge in [0.1, 0.15) is 23.6 Å². The summed E-state index contributed by atoms with van der Waals surface area (Å²) in [6.07, 6.45) is 4.29. The van der Waals surface area contributed by atoms with Crippen molar-refractivity contribution in [1.82, 2.24) is 9.38 Å². The van der Waals surface area contributed by atoms with Crippen molar-refractivity contribution >= 4 is 11.6 Å². The molecule has 2 aromatic heterocycles. The molecule has 5 nitrogen and oxygen atoms in total. The van der Waals surface area contributed by atoms with Gasteiger partial charge in [-0.3, -0.25) is 4.40 Å². The summed E-state index contributed by atoms with van der Waals surface area (Å²) in [4.78, 5) is 17.1. The molecule has 1 saturated heterocycles. The van der Waals surface area contributed by atoms with Crippen LogP contribution in [0.5, 0.6) is 0 Å². The van der Waals surface area contributed by atoms with Gasteiger partial charge in [-0.15, -0.1) is 0 Å². The smallest absolute Gasteiger partial charge is 0.140 e. The van der Waals surface area contributed by atoms with Crippen molar-refractivity contribution in [2.24, 2.45) is 5.92 Å². The fourth-order valence-corrected chi connectivity index (χ4v) is 3.17. The highest BCUT2D eigenvalue weighted by atomic mass is 16.4. The average molecular weight is 287 g/mol. The molecular weight excluding hydrogens is 266 g/mol. The number of aromatic nitrogens is 2. The second-order valence-electron chi connectivity index (χ2n) is 6.19. The van der Waals surface area contributed by atoms with Crippen LogP contribution in [0, 0.1) is 12.8 Å². The second-order valence-corrected chi connectivity index (χ2v) is 6.19. The van der Waals surface area contributed by atoms with E-state index in [0.717, 1.165) is 35.9 Å². The highest BCUT2D eigenvalue weighted by Gasteiger charge is 2.23. The minimum atomic E-state index is -1.18. The summed E-state index contributed by atoms with van der Waals surface area (Å²) in [5, 5.41) is 11.4. The van der Waals surface area contributed by atoms with Crippen LogP contribution in [0.25, 0.3) is 5.65 Å². The standard InChI is InChI=1S/C16H21N3O2/c1-11-5-8-18(9-6-11)10-13-14(16(20)21)17-15-12(2)4-3-7-19(13)15/h3-4,7,11H,5-6,8-10H2,1-2H3,(H,20,21). The van der Waals surface area contributed by atoms with Crippen molar-refractivity contribution in [3.05, 3.63) is 35.3 Å². The molecule has 0 amide bonds. The first-order chi connectivity index (χ1) is 10.1. The molecule has 0 atom stereocenters. The number of aromatic carboxylic acids is 1. The molecule has 112 valence electrons. The number of rotatable bonds is 3. The summed E-state index contributed by atoms with van der Waals surface area (Å²) in [5.74, 6) is -0.406. The summed E-state index contributed by atoms with van der Waals surface area (Å²) < 4.78 is 1.91. The molecular formula is C16H21N3O2. The summed E-state index contributed by atoms with van der Waals surface area (Å²) in [6, 6.07) is 3.88. The maximum atomic E-state index is 11.4. The van der Waals surface area contributed by atoms with Crippen molar-refractivity contribution in [2.45, 2.75) is 33.2 Å². The lowest BCUT2D eigenvalue weighted by atomic mass is 9.99.